The van der Waals surface area contributed by atoms with Crippen molar-refractivity contribution in [1.82, 2.24) is 19.7 Å². The molecule has 33 heavy (non-hydrogen) atoms. The molecule has 0 aliphatic rings. The van der Waals surface area contributed by atoms with Gasteiger partial charge in [0.25, 0.3) is 5.91 Å². The molecule has 7 heteroatoms. The number of amides is 1. The molecule has 0 unspecified atom stereocenters. The predicted octanol–water partition coefficient (Wildman–Crippen LogP) is 5.24. The van der Waals surface area contributed by atoms with Crippen molar-refractivity contribution in [1.29, 1.82) is 0 Å². The molecule has 0 atom stereocenters. The predicted molar refractivity (Wildman–Crippen MR) is 125 cm³/mol. The van der Waals surface area contributed by atoms with Gasteiger partial charge in [-0.2, -0.15) is 5.10 Å². The minimum atomic E-state index is -0.482. The number of pyridine rings is 2. The first-order chi connectivity index (χ1) is 16.1. The van der Waals surface area contributed by atoms with Crippen LogP contribution in [-0.4, -0.2) is 25.7 Å². The van der Waals surface area contributed by atoms with Gasteiger partial charge in [0.15, 0.2) is 5.65 Å². The highest BCUT2D eigenvalue weighted by molar-refractivity contribution is 6.12. The number of rotatable bonds is 5. The Labute approximate surface area is 189 Å². The lowest BCUT2D eigenvalue weighted by molar-refractivity contribution is 0.102. The molecule has 0 radical (unpaired) electrons. The zero-order valence-electron chi connectivity index (χ0n) is 17.9. The van der Waals surface area contributed by atoms with Crippen LogP contribution in [0, 0.1) is 12.7 Å². The van der Waals surface area contributed by atoms with Crippen LogP contribution >= 0.6 is 0 Å². The van der Waals surface area contributed by atoms with E-state index in [1.807, 2.05) is 42.5 Å². The Morgan fingerprint density at radius 3 is 2.64 bits per heavy atom. The molecule has 0 aliphatic carbocycles. The Kier molecular flexibility index (Phi) is 5.36. The lowest BCUT2D eigenvalue weighted by atomic mass is 10.1. The van der Waals surface area contributed by atoms with Gasteiger partial charge in [-0.1, -0.05) is 42.5 Å². The van der Waals surface area contributed by atoms with Crippen LogP contribution in [0.25, 0.3) is 22.3 Å². The topological polar surface area (TPSA) is 72.7 Å². The Balaban J connectivity index is 1.61. The van der Waals surface area contributed by atoms with Crippen LogP contribution in [0.1, 0.15) is 21.5 Å². The molecule has 162 valence electrons. The summed E-state index contributed by atoms with van der Waals surface area (Å²) < 4.78 is 16.1. The lowest BCUT2D eigenvalue weighted by Gasteiger charge is -2.11. The van der Waals surface area contributed by atoms with Crippen LogP contribution in [0.3, 0.4) is 0 Å². The molecule has 2 aromatic carbocycles. The van der Waals surface area contributed by atoms with Crippen LogP contribution in [0.4, 0.5) is 10.1 Å². The van der Waals surface area contributed by atoms with Crippen LogP contribution in [0.5, 0.6) is 0 Å². The third kappa shape index (κ3) is 4.21. The quantitative estimate of drug-likeness (QED) is 0.408. The molecular weight excluding hydrogens is 417 g/mol. The summed E-state index contributed by atoms with van der Waals surface area (Å²) in [6.07, 6.45) is 5.10. The van der Waals surface area contributed by atoms with Crippen molar-refractivity contribution in [3.63, 3.8) is 0 Å². The molecule has 1 amide bonds. The lowest BCUT2D eigenvalue weighted by Crippen LogP contribution is -2.14. The highest BCUT2D eigenvalue weighted by Gasteiger charge is 2.19. The van der Waals surface area contributed by atoms with Crippen LogP contribution in [0.2, 0.25) is 0 Å². The SMILES string of the molecule is Cc1ccc(NC(=O)c2cc(-c3ccccc3)nc3c2cnn3Cc2cccnc2)c(F)c1. The number of carbonyl (C=O) groups excluding carboxylic acids is 1. The van der Waals surface area contributed by atoms with Crippen LogP contribution in [0.15, 0.2) is 85.3 Å². The maximum Gasteiger partial charge on any atom is 0.256 e. The third-order valence-corrected chi connectivity index (χ3v) is 5.35. The zero-order valence-corrected chi connectivity index (χ0v) is 17.9. The number of hydrogen-bond donors (Lipinski definition) is 1. The minimum absolute atomic E-state index is 0.125. The number of anilines is 1. The normalized spacial score (nSPS) is 11.0. The maximum absolute atomic E-state index is 14.4. The first-order valence-electron chi connectivity index (χ1n) is 10.5. The smallest absolute Gasteiger partial charge is 0.256 e. The number of halogens is 1. The average molecular weight is 437 g/mol. The molecule has 3 aromatic heterocycles. The Morgan fingerprint density at radius 2 is 1.88 bits per heavy atom. The molecule has 5 rings (SSSR count). The Hall–Kier alpha value is -4.39. The summed E-state index contributed by atoms with van der Waals surface area (Å²) in [6, 6.07) is 19.8. The standard InChI is InChI=1S/C26H20FN5O/c1-17-9-10-23(22(27)12-17)31-26(33)20-13-24(19-7-3-2-4-8-19)30-25-21(20)15-29-32(25)16-18-6-5-11-28-14-18/h2-15H,16H2,1H3,(H,31,33). The Morgan fingerprint density at radius 1 is 1.03 bits per heavy atom. The highest BCUT2D eigenvalue weighted by atomic mass is 19.1. The summed E-state index contributed by atoms with van der Waals surface area (Å²) in [6.45, 7) is 2.25. The monoisotopic (exact) mass is 437 g/mol. The highest BCUT2D eigenvalue weighted by Crippen LogP contribution is 2.26. The summed E-state index contributed by atoms with van der Waals surface area (Å²) in [5.41, 5.74) is 4.29. The molecule has 0 saturated heterocycles. The second-order valence-corrected chi connectivity index (χ2v) is 7.76. The van der Waals surface area contributed by atoms with E-state index in [1.165, 1.54) is 6.07 Å². The zero-order chi connectivity index (χ0) is 22.8. The van der Waals surface area contributed by atoms with E-state index in [0.717, 1.165) is 16.7 Å². The van der Waals surface area contributed by atoms with Gasteiger partial charge in [-0.25, -0.2) is 14.1 Å². The number of carbonyl (C=O) groups is 1. The van der Waals surface area contributed by atoms with Gasteiger partial charge in [-0.15, -0.1) is 0 Å². The van der Waals surface area contributed by atoms with E-state index in [9.17, 15) is 9.18 Å². The number of nitrogens with zero attached hydrogens (tertiary/aromatic N) is 4. The van der Waals surface area contributed by atoms with Gasteiger partial charge in [0.1, 0.15) is 5.82 Å². The summed E-state index contributed by atoms with van der Waals surface area (Å²) in [4.78, 5) is 22.2. The van der Waals surface area contributed by atoms with Gasteiger partial charge >= 0.3 is 0 Å². The van der Waals surface area contributed by atoms with Crippen molar-refractivity contribution < 1.29 is 9.18 Å². The van der Waals surface area contributed by atoms with Gasteiger partial charge in [0.2, 0.25) is 0 Å². The fourth-order valence-electron chi connectivity index (χ4n) is 3.68. The van der Waals surface area contributed by atoms with E-state index in [-0.39, 0.29) is 5.69 Å². The van der Waals surface area contributed by atoms with E-state index in [1.54, 1.807) is 48.4 Å². The van der Waals surface area contributed by atoms with Crippen molar-refractivity contribution in [2.75, 3.05) is 5.32 Å². The molecule has 0 bridgehead atoms. The third-order valence-electron chi connectivity index (χ3n) is 5.35. The van der Waals surface area contributed by atoms with E-state index >= 15 is 0 Å². The molecular formula is C26H20FN5O. The minimum Gasteiger partial charge on any atom is -0.319 e. The van der Waals surface area contributed by atoms with Crippen molar-refractivity contribution in [2.45, 2.75) is 13.5 Å². The Bertz CT molecular complexity index is 1450. The fraction of sp³-hybridized carbons (Fsp3) is 0.0769. The van der Waals surface area contributed by atoms with Crippen molar-refractivity contribution in [3.05, 3.63) is 108 Å². The molecule has 0 aliphatic heterocycles. The van der Waals surface area contributed by atoms with Gasteiger partial charge in [-0.3, -0.25) is 9.78 Å². The summed E-state index contributed by atoms with van der Waals surface area (Å²) >= 11 is 0. The van der Waals surface area contributed by atoms with Gasteiger partial charge in [0, 0.05) is 18.0 Å². The van der Waals surface area contributed by atoms with Crippen molar-refractivity contribution in [3.8, 4) is 11.3 Å². The molecule has 5 aromatic rings. The summed E-state index contributed by atoms with van der Waals surface area (Å²) in [5, 5.41) is 7.76. The van der Waals surface area contributed by atoms with Gasteiger partial charge < -0.3 is 5.32 Å². The molecule has 0 spiro atoms. The van der Waals surface area contributed by atoms with E-state index in [0.29, 0.717) is 28.8 Å². The number of nitrogens with one attached hydrogen (secondary N) is 1. The number of aryl methyl sites for hydroxylation is 1. The van der Waals surface area contributed by atoms with Crippen LogP contribution < -0.4 is 5.32 Å². The second-order valence-electron chi connectivity index (χ2n) is 7.76. The summed E-state index contributed by atoms with van der Waals surface area (Å²) in [7, 11) is 0. The summed E-state index contributed by atoms with van der Waals surface area (Å²) in [5.74, 6) is -0.910. The molecule has 0 saturated carbocycles. The first-order valence-corrected chi connectivity index (χ1v) is 10.5. The van der Waals surface area contributed by atoms with Gasteiger partial charge in [0.05, 0.1) is 35.1 Å². The molecule has 0 fully saturated rings. The average Bonchev–Trinajstić information content (AvgIpc) is 3.24. The molecule has 3 heterocycles. The van der Waals surface area contributed by atoms with Gasteiger partial charge in [-0.05, 0) is 42.3 Å². The fourth-order valence-corrected chi connectivity index (χ4v) is 3.68. The number of aromatic nitrogens is 4. The van der Waals surface area contributed by atoms with Crippen molar-refractivity contribution in [2.24, 2.45) is 0 Å². The number of fused-ring (bicyclic) bond motifs is 1. The molecule has 6 nitrogen and oxygen atoms in total. The first kappa shape index (κ1) is 20.5. The largest absolute Gasteiger partial charge is 0.319 e. The van der Waals surface area contributed by atoms with Crippen LogP contribution in [-0.2, 0) is 6.54 Å². The van der Waals surface area contributed by atoms with E-state index in [2.05, 4.69) is 15.4 Å². The molecule has 1 N–H and O–H groups in total. The van der Waals surface area contributed by atoms with Crippen molar-refractivity contribution >= 4 is 22.6 Å². The number of hydrogen-bond acceptors (Lipinski definition) is 4. The number of benzene rings is 2. The maximum atomic E-state index is 14.4. The van der Waals surface area contributed by atoms with E-state index < -0.39 is 11.7 Å². The van der Waals surface area contributed by atoms with E-state index in [4.69, 9.17) is 4.98 Å². The second kappa shape index (κ2) is 8.63.